The lowest BCUT2D eigenvalue weighted by Gasteiger charge is -2.06. The number of aromatic nitrogens is 2. The maximum Gasteiger partial charge on any atom is 0.263 e. The number of nitrogens with zero attached hydrogens (tertiary/aromatic N) is 2. The van der Waals surface area contributed by atoms with Crippen LogP contribution >= 0.6 is 0 Å². The fourth-order valence-corrected chi connectivity index (χ4v) is 1.48. The molecule has 0 saturated heterocycles. The Morgan fingerprint density at radius 3 is 2.53 bits per heavy atom. The average molecular weight is 261 g/mol. The lowest BCUT2D eigenvalue weighted by molar-refractivity contribution is -0.118. The largest absolute Gasteiger partial charge is 0.497 e. The molecule has 0 atom stereocenters. The molecule has 1 N–H and O–H groups in total. The van der Waals surface area contributed by atoms with E-state index in [1.807, 2.05) is 0 Å². The third kappa shape index (κ3) is 3.74. The van der Waals surface area contributed by atoms with Crippen molar-refractivity contribution in [2.75, 3.05) is 19.0 Å². The van der Waals surface area contributed by atoms with Crippen molar-refractivity contribution < 1.29 is 14.3 Å². The minimum absolute atomic E-state index is 0.0666. The molecule has 6 nitrogen and oxygen atoms in total. The molecule has 2 rings (SSSR count). The first-order chi connectivity index (χ1) is 9.17. The molecule has 1 heterocycles. The fraction of sp³-hybridized carbons (Fsp3) is 0.231. The number of hydrogen-bond acceptors (Lipinski definition) is 4. The van der Waals surface area contributed by atoms with E-state index in [1.165, 1.54) is 0 Å². The first-order valence-electron chi connectivity index (χ1n) is 5.74. The minimum Gasteiger partial charge on any atom is -0.497 e. The van der Waals surface area contributed by atoms with E-state index >= 15 is 0 Å². The molecule has 0 radical (unpaired) electrons. The molecule has 0 bridgehead atoms. The number of hydrogen-bond donors (Lipinski definition) is 1. The summed E-state index contributed by atoms with van der Waals surface area (Å²) in [7, 11) is 3.37. The van der Waals surface area contributed by atoms with Crippen molar-refractivity contribution in [2.45, 2.75) is 0 Å². The van der Waals surface area contributed by atoms with Crippen molar-refractivity contribution in [3.63, 3.8) is 0 Å². The summed E-state index contributed by atoms with van der Waals surface area (Å²) in [5, 5.41) is 6.68. The Bertz CT molecular complexity index is 549. The molecule has 1 aromatic carbocycles. The number of carbonyl (C=O) groups is 1. The van der Waals surface area contributed by atoms with Crippen molar-refractivity contribution in [2.24, 2.45) is 7.05 Å². The number of anilines is 1. The van der Waals surface area contributed by atoms with Gasteiger partial charge in [-0.15, -0.1) is 0 Å². The van der Waals surface area contributed by atoms with Crippen molar-refractivity contribution >= 4 is 11.7 Å². The van der Waals surface area contributed by atoms with Crippen LogP contribution in [0.25, 0.3) is 0 Å². The van der Waals surface area contributed by atoms with Gasteiger partial charge in [0.05, 0.1) is 7.11 Å². The molecule has 0 fully saturated rings. The van der Waals surface area contributed by atoms with Crippen molar-refractivity contribution in [3.05, 3.63) is 36.5 Å². The van der Waals surface area contributed by atoms with E-state index in [9.17, 15) is 4.79 Å². The highest BCUT2D eigenvalue weighted by Gasteiger charge is 2.05. The zero-order chi connectivity index (χ0) is 13.7. The van der Waals surface area contributed by atoms with Crippen LogP contribution in [-0.2, 0) is 11.8 Å². The van der Waals surface area contributed by atoms with Gasteiger partial charge < -0.3 is 14.8 Å². The first kappa shape index (κ1) is 12.9. The third-order valence-corrected chi connectivity index (χ3v) is 2.41. The molecule has 2 aromatic rings. The van der Waals surface area contributed by atoms with Crippen LogP contribution in [0.2, 0.25) is 0 Å². The zero-order valence-corrected chi connectivity index (χ0v) is 10.8. The van der Waals surface area contributed by atoms with Gasteiger partial charge in [0, 0.05) is 19.3 Å². The standard InChI is InChI=1S/C13H15N3O3/c1-16-8-7-12(15-16)14-13(17)9-19-11-5-3-10(18-2)4-6-11/h3-8H,9H2,1-2H3,(H,14,15,17). The quantitative estimate of drug-likeness (QED) is 0.884. The number of methoxy groups -OCH3 is 1. The summed E-state index contributed by atoms with van der Waals surface area (Å²) < 4.78 is 12.0. The Labute approximate surface area is 110 Å². The molecular weight excluding hydrogens is 246 g/mol. The molecule has 6 heteroatoms. The maximum atomic E-state index is 11.6. The summed E-state index contributed by atoms with van der Waals surface area (Å²) in [5.41, 5.74) is 0. The van der Waals surface area contributed by atoms with Crippen LogP contribution in [0.3, 0.4) is 0 Å². The number of nitrogens with one attached hydrogen (secondary N) is 1. The summed E-state index contributed by atoms with van der Waals surface area (Å²) in [4.78, 5) is 11.6. The second-order valence-corrected chi connectivity index (χ2v) is 3.89. The van der Waals surface area contributed by atoms with E-state index in [0.717, 1.165) is 5.75 Å². The Morgan fingerprint density at radius 2 is 1.95 bits per heavy atom. The Kier molecular flexibility index (Phi) is 4.02. The van der Waals surface area contributed by atoms with E-state index in [-0.39, 0.29) is 12.5 Å². The van der Waals surface area contributed by atoms with Crippen LogP contribution in [0.1, 0.15) is 0 Å². The maximum absolute atomic E-state index is 11.6. The molecule has 19 heavy (non-hydrogen) atoms. The highest BCUT2D eigenvalue weighted by molar-refractivity contribution is 5.90. The predicted molar refractivity (Wildman–Crippen MR) is 70.3 cm³/mol. The van der Waals surface area contributed by atoms with Crippen LogP contribution in [0.15, 0.2) is 36.5 Å². The molecule has 1 amide bonds. The van der Waals surface area contributed by atoms with E-state index < -0.39 is 0 Å². The van der Waals surface area contributed by atoms with E-state index in [4.69, 9.17) is 9.47 Å². The molecule has 0 saturated carbocycles. The molecule has 1 aromatic heterocycles. The summed E-state index contributed by atoms with van der Waals surface area (Å²) in [6, 6.07) is 8.74. The summed E-state index contributed by atoms with van der Waals surface area (Å²) in [5.74, 6) is 1.60. The number of carbonyl (C=O) groups excluding carboxylic acids is 1. The van der Waals surface area contributed by atoms with Crippen LogP contribution in [0.4, 0.5) is 5.82 Å². The monoisotopic (exact) mass is 261 g/mol. The SMILES string of the molecule is COc1ccc(OCC(=O)Nc2ccn(C)n2)cc1. The van der Waals surface area contributed by atoms with Crippen molar-refractivity contribution in [3.8, 4) is 11.5 Å². The predicted octanol–water partition coefficient (Wildman–Crippen LogP) is 1.45. The second-order valence-electron chi connectivity index (χ2n) is 3.89. The van der Waals surface area contributed by atoms with Crippen LogP contribution in [0.5, 0.6) is 11.5 Å². The smallest absolute Gasteiger partial charge is 0.263 e. The molecule has 0 aliphatic heterocycles. The van der Waals surface area contributed by atoms with E-state index in [1.54, 1.807) is 55.4 Å². The number of benzene rings is 1. The van der Waals surface area contributed by atoms with Gasteiger partial charge in [0.2, 0.25) is 0 Å². The van der Waals surface area contributed by atoms with Crippen molar-refractivity contribution in [1.82, 2.24) is 9.78 Å². The van der Waals surface area contributed by atoms with Gasteiger partial charge in [0.1, 0.15) is 11.5 Å². The van der Waals surface area contributed by atoms with Gasteiger partial charge in [-0.2, -0.15) is 5.10 Å². The highest BCUT2D eigenvalue weighted by atomic mass is 16.5. The highest BCUT2D eigenvalue weighted by Crippen LogP contribution is 2.16. The lowest BCUT2D eigenvalue weighted by Crippen LogP contribution is -2.20. The Morgan fingerprint density at radius 1 is 1.26 bits per heavy atom. The summed E-state index contributed by atoms with van der Waals surface area (Å²) in [6.07, 6.45) is 1.75. The molecule has 100 valence electrons. The zero-order valence-electron chi connectivity index (χ0n) is 10.8. The van der Waals surface area contributed by atoms with Gasteiger partial charge in [-0.05, 0) is 24.3 Å². The van der Waals surface area contributed by atoms with Gasteiger partial charge in [-0.3, -0.25) is 9.48 Å². The van der Waals surface area contributed by atoms with E-state index in [0.29, 0.717) is 11.6 Å². The molecule has 0 aliphatic carbocycles. The Balaban J connectivity index is 1.82. The number of amides is 1. The van der Waals surface area contributed by atoms with Crippen LogP contribution in [-0.4, -0.2) is 29.4 Å². The molecule has 0 unspecified atom stereocenters. The van der Waals surface area contributed by atoms with Gasteiger partial charge in [-0.25, -0.2) is 0 Å². The second kappa shape index (κ2) is 5.90. The summed E-state index contributed by atoms with van der Waals surface area (Å²) >= 11 is 0. The summed E-state index contributed by atoms with van der Waals surface area (Å²) in [6.45, 7) is -0.0666. The van der Waals surface area contributed by atoms with Crippen molar-refractivity contribution in [1.29, 1.82) is 0 Å². The molecular formula is C13H15N3O3. The van der Waals surface area contributed by atoms with Crippen LogP contribution < -0.4 is 14.8 Å². The molecule has 0 aliphatic rings. The van der Waals surface area contributed by atoms with E-state index in [2.05, 4.69) is 10.4 Å². The first-order valence-corrected chi connectivity index (χ1v) is 5.74. The normalized spacial score (nSPS) is 10.0. The fourth-order valence-electron chi connectivity index (χ4n) is 1.48. The number of rotatable bonds is 5. The minimum atomic E-state index is -0.255. The number of aryl methyl sites for hydroxylation is 1. The van der Waals surface area contributed by atoms with Gasteiger partial charge >= 0.3 is 0 Å². The number of ether oxygens (including phenoxy) is 2. The van der Waals surface area contributed by atoms with Gasteiger partial charge in [-0.1, -0.05) is 0 Å². The Hall–Kier alpha value is -2.50. The lowest BCUT2D eigenvalue weighted by atomic mass is 10.3. The average Bonchev–Trinajstić information content (AvgIpc) is 2.82. The molecule has 0 spiro atoms. The van der Waals surface area contributed by atoms with Gasteiger partial charge in [0.15, 0.2) is 12.4 Å². The third-order valence-electron chi connectivity index (χ3n) is 2.41. The van der Waals surface area contributed by atoms with Gasteiger partial charge in [0.25, 0.3) is 5.91 Å². The van der Waals surface area contributed by atoms with Crippen LogP contribution in [0, 0.1) is 0 Å². The topological polar surface area (TPSA) is 65.4 Å².